The van der Waals surface area contributed by atoms with Gasteiger partial charge in [-0.3, -0.25) is 0 Å². The Morgan fingerprint density at radius 3 is 2.60 bits per heavy atom. The Balaban J connectivity index is 2.61. The zero-order chi connectivity index (χ0) is 11.3. The Bertz CT molecular complexity index is 303. The summed E-state index contributed by atoms with van der Waals surface area (Å²) >= 11 is 3.55. The number of nitrogens with one attached hydrogen (secondary N) is 1. The van der Waals surface area contributed by atoms with Gasteiger partial charge in [0.05, 0.1) is 6.61 Å². The van der Waals surface area contributed by atoms with Gasteiger partial charge >= 0.3 is 0 Å². The molecule has 0 aliphatic rings. The minimum atomic E-state index is 0.325. The van der Waals surface area contributed by atoms with Crippen LogP contribution in [0.3, 0.4) is 0 Å². The standard InChI is InChI=1S/C12H18BrNO/c1-9(8-15-3)14-10(2)11-6-4-5-7-12(11)13/h4-7,9-10,14H,8H2,1-3H3/t9-,10+/m0/s1. The molecule has 0 aromatic heterocycles. The minimum absolute atomic E-state index is 0.325. The van der Waals surface area contributed by atoms with Crippen molar-refractivity contribution in [2.75, 3.05) is 13.7 Å². The summed E-state index contributed by atoms with van der Waals surface area (Å²) in [5.41, 5.74) is 1.28. The maximum Gasteiger partial charge on any atom is 0.0613 e. The van der Waals surface area contributed by atoms with Crippen LogP contribution < -0.4 is 5.32 Å². The molecule has 1 rings (SSSR count). The van der Waals surface area contributed by atoms with Crippen LogP contribution in [0, 0.1) is 0 Å². The van der Waals surface area contributed by atoms with Gasteiger partial charge in [0.2, 0.25) is 0 Å². The van der Waals surface area contributed by atoms with Gasteiger partial charge in [0.15, 0.2) is 0 Å². The van der Waals surface area contributed by atoms with E-state index in [1.807, 2.05) is 6.07 Å². The van der Waals surface area contributed by atoms with Gasteiger partial charge in [-0.15, -0.1) is 0 Å². The molecule has 15 heavy (non-hydrogen) atoms. The molecule has 3 heteroatoms. The van der Waals surface area contributed by atoms with Gasteiger partial charge in [-0.25, -0.2) is 0 Å². The molecule has 0 aliphatic carbocycles. The lowest BCUT2D eigenvalue weighted by molar-refractivity contribution is 0.167. The zero-order valence-electron chi connectivity index (χ0n) is 9.46. The molecular formula is C12H18BrNO. The fourth-order valence-electron chi connectivity index (χ4n) is 1.64. The predicted molar refractivity (Wildman–Crippen MR) is 67.0 cm³/mol. The number of hydrogen-bond donors (Lipinski definition) is 1. The van der Waals surface area contributed by atoms with Crippen molar-refractivity contribution in [1.29, 1.82) is 0 Å². The molecule has 84 valence electrons. The van der Waals surface area contributed by atoms with Gasteiger partial charge in [-0.1, -0.05) is 34.1 Å². The molecule has 0 saturated carbocycles. The first-order valence-electron chi connectivity index (χ1n) is 5.14. The SMILES string of the molecule is COC[C@H](C)N[C@H](C)c1ccccc1Br. The highest BCUT2D eigenvalue weighted by molar-refractivity contribution is 9.10. The van der Waals surface area contributed by atoms with Crippen molar-refractivity contribution >= 4 is 15.9 Å². The Kier molecular flexibility index (Phi) is 5.29. The summed E-state index contributed by atoms with van der Waals surface area (Å²) in [5, 5.41) is 3.48. The maximum absolute atomic E-state index is 5.10. The van der Waals surface area contributed by atoms with E-state index in [2.05, 4.69) is 53.3 Å². The number of halogens is 1. The third-order valence-corrected chi connectivity index (χ3v) is 3.05. The van der Waals surface area contributed by atoms with Crippen LogP contribution in [0.2, 0.25) is 0 Å². The number of hydrogen-bond acceptors (Lipinski definition) is 2. The van der Waals surface area contributed by atoms with E-state index >= 15 is 0 Å². The third kappa shape index (κ3) is 3.93. The molecular weight excluding hydrogens is 254 g/mol. The van der Waals surface area contributed by atoms with E-state index in [0.29, 0.717) is 12.1 Å². The van der Waals surface area contributed by atoms with Crippen LogP contribution in [0.15, 0.2) is 28.7 Å². The van der Waals surface area contributed by atoms with E-state index in [0.717, 1.165) is 11.1 Å². The highest BCUT2D eigenvalue weighted by atomic mass is 79.9. The zero-order valence-corrected chi connectivity index (χ0v) is 11.0. The Hall–Kier alpha value is -0.380. The molecule has 2 atom stereocenters. The second-order valence-electron chi connectivity index (χ2n) is 3.77. The van der Waals surface area contributed by atoms with Crippen LogP contribution in [0.25, 0.3) is 0 Å². The summed E-state index contributed by atoms with van der Waals surface area (Å²) in [6.45, 7) is 5.01. The highest BCUT2D eigenvalue weighted by Gasteiger charge is 2.11. The van der Waals surface area contributed by atoms with E-state index < -0.39 is 0 Å². The largest absolute Gasteiger partial charge is 0.383 e. The van der Waals surface area contributed by atoms with E-state index in [-0.39, 0.29) is 0 Å². The summed E-state index contributed by atoms with van der Waals surface area (Å²) < 4.78 is 6.24. The van der Waals surface area contributed by atoms with Crippen LogP contribution in [0.4, 0.5) is 0 Å². The average Bonchev–Trinajstić information content (AvgIpc) is 2.18. The third-order valence-electron chi connectivity index (χ3n) is 2.32. The molecule has 0 aliphatic heterocycles. The van der Waals surface area contributed by atoms with Gasteiger partial charge in [-0.2, -0.15) is 0 Å². The van der Waals surface area contributed by atoms with E-state index in [4.69, 9.17) is 4.74 Å². The molecule has 1 N–H and O–H groups in total. The highest BCUT2D eigenvalue weighted by Crippen LogP contribution is 2.22. The predicted octanol–water partition coefficient (Wildman–Crippen LogP) is 3.13. The number of rotatable bonds is 5. The normalized spacial score (nSPS) is 14.9. The van der Waals surface area contributed by atoms with Crippen LogP contribution in [0.1, 0.15) is 25.5 Å². The Morgan fingerprint density at radius 2 is 2.00 bits per heavy atom. The topological polar surface area (TPSA) is 21.3 Å². The fraction of sp³-hybridized carbons (Fsp3) is 0.500. The fourth-order valence-corrected chi connectivity index (χ4v) is 2.27. The van der Waals surface area contributed by atoms with Crippen molar-refractivity contribution < 1.29 is 4.74 Å². The van der Waals surface area contributed by atoms with Crippen molar-refractivity contribution in [1.82, 2.24) is 5.32 Å². The van der Waals surface area contributed by atoms with Crippen LogP contribution in [-0.2, 0) is 4.74 Å². The second kappa shape index (κ2) is 6.26. The number of methoxy groups -OCH3 is 1. The summed E-state index contributed by atoms with van der Waals surface area (Å²) in [4.78, 5) is 0. The molecule has 0 spiro atoms. The van der Waals surface area contributed by atoms with E-state index in [1.54, 1.807) is 7.11 Å². The van der Waals surface area contributed by atoms with Gasteiger partial charge < -0.3 is 10.1 Å². The molecule has 0 radical (unpaired) electrons. The van der Waals surface area contributed by atoms with Gasteiger partial charge in [0, 0.05) is 23.7 Å². The molecule has 0 unspecified atom stereocenters. The second-order valence-corrected chi connectivity index (χ2v) is 4.62. The first-order valence-corrected chi connectivity index (χ1v) is 5.94. The lowest BCUT2D eigenvalue weighted by atomic mass is 10.1. The lowest BCUT2D eigenvalue weighted by Gasteiger charge is -2.20. The summed E-state index contributed by atoms with van der Waals surface area (Å²) in [6, 6.07) is 8.95. The number of ether oxygens (including phenoxy) is 1. The first kappa shape index (κ1) is 12.7. The Morgan fingerprint density at radius 1 is 1.33 bits per heavy atom. The molecule has 0 heterocycles. The Labute approximate surface area is 100 Å². The number of benzene rings is 1. The van der Waals surface area contributed by atoms with Crippen molar-refractivity contribution in [3.8, 4) is 0 Å². The summed E-state index contributed by atoms with van der Waals surface area (Å²) in [6.07, 6.45) is 0. The molecule has 0 bridgehead atoms. The minimum Gasteiger partial charge on any atom is -0.383 e. The summed E-state index contributed by atoms with van der Waals surface area (Å²) in [5.74, 6) is 0. The van der Waals surface area contributed by atoms with Gasteiger partial charge in [0.25, 0.3) is 0 Å². The van der Waals surface area contributed by atoms with Gasteiger partial charge in [0.1, 0.15) is 0 Å². The molecule has 0 fully saturated rings. The molecule has 1 aromatic rings. The van der Waals surface area contributed by atoms with Crippen LogP contribution in [0.5, 0.6) is 0 Å². The lowest BCUT2D eigenvalue weighted by Crippen LogP contribution is -2.32. The maximum atomic E-state index is 5.10. The van der Waals surface area contributed by atoms with Crippen LogP contribution >= 0.6 is 15.9 Å². The van der Waals surface area contributed by atoms with Crippen molar-refractivity contribution in [2.24, 2.45) is 0 Å². The van der Waals surface area contributed by atoms with E-state index in [1.165, 1.54) is 5.56 Å². The smallest absolute Gasteiger partial charge is 0.0613 e. The summed E-state index contributed by atoms with van der Waals surface area (Å²) in [7, 11) is 1.72. The quantitative estimate of drug-likeness (QED) is 0.889. The molecule has 0 saturated heterocycles. The van der Waals surface area contributed by atoms with Crippen molar-refractivity contribution in [3.05, 3.63) is 34.3 Å². The monoisotopic (exact) mass is 271 g/mol. The van der Waals surface area contributed by atoms with Gasteiger partial charge in [-0.05, 0) is 25.5 Å². The van der Waals surface area contributed by atoms with Crippen molar-refractivity contribution in [3.63, 3.8) is 0 Å². The molecule has 1 aromatic carbocycles. The molecule has 2 nitrogen and oxygen atoms in total. The average molecular weight is 272 g/mol. The van der Waals surface area contributed by atoms with Crippen LogP contribution in [-0.4, -0.2) is 19.8 Å². The van der Waals surface area contributed by atoms with E-state index in [9.17, 15) is 0 Å². The van der Waals surface area contributed by atoms with Crippen molar-refractivity contribution in [2.45, 2.75) is 25.9 Å². The molecule has 0 amide bonds. The first-order chi connectivity index (χ1) is 7.15.